The van der Waals surface area contributed by atoms with Gasteiger partial charge in [0.1, 0.15) is 28.2 Å². The Bertz CT molecular complexity index is 1070. The van der Waals surface area contributed by atoms with Crippen LogP contribution in [0.2, 0.25) is 0 Å². The monoisotopic (exact) mass is 374 g/mol. The van der Waals surface area contributed by atoms with Gasteiger partial charge in [-0.15, -0.1) is 0 Å². The molecule has 3 rings (SSSR count). The average molecular weight is 374 g/mol. The van der Waals surface area contributed by atoms with Crippen molar-refractivity contribution < 1.29 is 33.6 Å². The van der Waals surface area contributed by atoms with Gasteiger partial charge in [-0.05, 0) is 6.07 Å². The van der Waals surface area contributed by atoms with Crippen LogP contribution in [0.1, 0.15) is 0 Å². The Hall–Kier alpha value is -3.55. The molecule has 2 N–H and O–H groups in total. The molecule has 27 heavy (non-hydrogen) atoms. The van der Waals surface area contributed by atoms with Crippen molar-refractivity contribution in [2.75, 3.05) is 28.4 Å². The lowest BCUT2D eigenvalue weighted by Crippen LogP contribution is -2.09. The molecule has 0 fully saturated rings. The molecule has 0 atom stereocenters. The van der Waals surface area contributed by atoms with E-state index in [4.69, 9.17) is 23.4 Å². The Kier molecular flexibility index (Phi) is 4.72. The highest BCUT2D eigenvalue weighted by Crippen LogP contribution is 2.43. The second-order valence-corrected chi connectivity index (χ2v) is 5.54. The number of fused-ring (bicyclic) bond motifs is 1. The Balaban J connectivity index is 2.41. The standard InChI is InChI=1S/C19H18O8/c1-23-9-5-14(25-3)16-15(6-9)27-18(19(26-4)17(16)22)10-7-12(21)13(24-2)8-11(10)20/h5-8,20-21H,1-4H3. The second-order valence-electron chi connectivity index (χ2n) is 5.54. The van der Waals surface area contributed by atoms with Gasteiger partial charge in [0.25, 0.3) is 0 Å². The summed E-state index contributed by atoms with van der Waals surface area (Å²) < 4.78 is 26.5. The number of benzene rings is 2. The number of ether oxygens (including phenoxy) is 4. The minimum absolute atomic E-state index is 0.0549. The SMILES string of the molecule is COc1cc(OC)c2c(=O)c(OC)c(-c3cc(O)c(OC)cc3O)oc2c1. The molecule has 0 aliphatic heterocycles. The molecule has 0 amide bonds. The highest BCUT2D eigenvalue weighted by molar-refractivity contribution is 5.89. The first-order valence-corrected chi connectivity index (χ1v) is 7.82. The minimum atomic E-state index is -0.497. The van der Waals surface area contributed by atoms with Crippen LogP contribution < -0.4 is 24.4 Å². The third-order valence-electron chi connectivity index (χ3n) is 4.09. The summed E-state index contributed by atoms with van der Waals surface area (Å²) in [5, 5.41) is 20.5. The molecule has 8 nitrogen and oxygen atoms in total. The molecule has 8 heteroatoms. The molecule has 0 aliphatic rings. The lowest BCUT2D eigenvalue weighted by molar-refractivity contribution is 0.368. The number of aromatic hydroxyl groups is 2. The van der Waals surface area contributed by atoms with Crippen LogP contribution in [0.15, 0.2) is 33.5 Å². The predicted molar refractivity (Wildman–Crippen MR) is 97.5 cm³/mol. The smallest absolute Gasteiger partial charge is 0.239 e. The molecule has 0 unspecified atom stereocenters. The third-order valence-corrected chi connectivity index (χ3v) is 4.09. The van der Waals surface area contributed by atoms with E-state index in [1.165, 1.54) is 46.6 Å². The zero-order valence-electron chi connectivity index (χ0n) is 15.2. The van der Waals surface area contributed by atoms with E-state index in [1.54, 1.807) is 6.07 Å². The molecule has 3 aromatic rings. The largest absolute Gasteiger partial charge is 0.507 e. The Morgan fingerprint density at radius 1 is 0.815 bits per heavy atom. The summed E-state index contributed by atoms with van der Waals surface area (Å²) in [5.41, 5.74) is -0.268. The average Bonchev–Trinajstić information content (AvgIpc) is 2.68. The maximum Gasteiger partial charge on any atom is 0.239 e. The van der Waals surface area contributed by atoms with Crippen molar-refractivity contribution in [1.29, 1.82) is 0 Å². The van der Waals surface area contributed by atoms with Gasteiger partial charge in [0.05, 0.1) is 34.0 Å². The number of hydrogen-bond donors (Lipinski definition) is 2. The van der Waals surface area contributed by atoms with E-state index < -0.39 is 5.43 Å². The highest BCUT2D eigenvalue weighted by Gasteiger charge is 2.23. The lowest BCUT2D eigenvalue weighted by Gasteiger charge is -2.14. The minimum Gasteiger partial charge on any atom is -0.507 e. The van der Waals surface area contributed by atoms with Crippen molar-refractivity contribution in [1.82, 2.24) is 0 Å². The fourth-order valence-corrected chi connectivity index (χ4v) is 2.79. The molecular weight excluding hydrogens is 356 g/mol. The van der Waals surface area contributed by atoms with Crippen LogP contribution in [0.3, 0.4) is 0 Å². The summed E-state index contributed by atoms with van der Waals surface area (Å²) in [7, 11) is 5.54. The maximum absolute atomic E-state index is 13.0. The third kappa shape index (κ3) is 2.95. The summed E-state index contributed by atoms with van der Waals surface area (Å²) in [4.78, 5) is 13.0. The van der Waals surface area contributed by atoms with Gasteiger partial charge in [0.2, 0.25) is 11.2 Å². The molecule has 1 heterocycles. The molecule has 1 aromatic heterocycles. The van der Waals surface area contributed by atoms with Gasteiger partial charge in [-0.25, -0.2) is 0 Å². The Morgan fingerprint density at radius 2 is 1.52 bits per heavy atom. The summed E-state index contributed by atoms with van der Waals surface area (Å²) in [5.74, 6) is 0.0390. The first-order chi connectivity index (χ1) is 12.9. The molecule has 0 saturated heterocycles. The van der Waals surface area contributed by atoms with Crippen molar-refractivity contribution in [3.05, 3.63) is 34.5 Å². The van der Waals surface area contributed by atoms with Gasteiger partial charge in [-0.1, -0.05) is 0 Å². The van der Waals surface area contributed by atoms with E-state index in [-0.39, 0.29) is 51.0 Å². The molecular formula is C19H18O8. The zero-order valence-corrected chi connectivity index (χ0v) is 15.2. The maximum atomic E-state index is 13.0. The van der Waals surface area contributed by atoms with E-state index in [9.17, 15) is 15.0 Å². The topological polar surface area (TPSA) is 108 Å². The Morgan fingerprint density at radius 3 is 2.11 bits per heavy atom. The van der Waals surface area contributed by atoms with Gasteiger partial charge in [-0.2, -0.15) is 0 Å². The second kappa shape index (κ2) is 6.99. The van der Waals surface area contributed by atoms with E-state index >= 15 is 0 Å². The first-order valence-electron chi connectivity index (χ1n) is 7.82. The summed E-state index contributed by atoms with van der Waals surface area (Å²) in [6, 6.07) is 5.50. The van der Waals surface area contributed by atoms with Gasteiger partial charge in [0, 0.05) is 18.2 Å². The number of hydrogen-bond acceptors (Lipinski definition) is 8. The van der Waals surface area contributed by atoms with E-state index in [2.05, 4.69) is 0 Å². The van der Waals surface area contributed by atoms with Crippen LogP contribution in [0.4, 0.5) is 0 Å². The number of rotatable bonds is 5. The van der Waals surface area contributed by atoms with Gasteiger partial charge in [-0.3, -0.25) is 4.79 Å². The van der Waals surface area contributed by atoms with Crippen LogP contribution in [0, 0.1) is 0 Å². The molecule has 0 bridgehead atoms. The van der Waals surface area contributed by atoms with Crippen molar-refractivity contribution in [2.45, 2.75) is 0 Å². The van der Waals surface area contributed by atoms with Crippen LogP contribution in [0.5, 0.6) is 34.5 Å². The van der Waals surface area contributed by atoms with Crippen molar-refractivity contribution >= 4 is 11.0 Å². The summed E-state index contributed by atoms with van der Waals surface area (Å²) in [6.45, 7) is 0. The number of phenolic OH excluding ortho intramolecular Hbond substituents is 2. The molecule has 0 saturated carbocycles. The number of phenols is 2. The van der Waals surface area contributed by atoms with Crippen molar-refractivity contribution in [3.63, 3.8) is 0 Å². The summed E-state index contributed by atoms with van der Waals surface area (Å²) >= 11 is 0. The molecule has 142 valence electrons. The van der Waals surface area contributed by atoms with E-state index in [0.717, 1.165) is 0 Å². The van der Waals surface area contributed by atoms with Crippen LogP contribution in [-0.4, -0.2) is 38.7 Å². The molecule has 0 spiro atoms. The first kappa shape index (κ1) is 18.2. The molecule has 0 aliphatic carbocycles. The zero-order chi connectivity index (χ0) is 19.7. The fraction of sp³-hybridized carbons (Fsp3) is 0.211. The normalized spacial score (nSPS) is 10.7. The van der Waals surface area contributed by atoms with E-state index in [0.29, 0.717) is 5.75 Å². The van der Waals surface area contributed by atoms with Crippen molar-refractivity contribution in [2.24, 2.45) is 0 Å². The van der Waals surface area contributed by atoms with Crippen LogP contribution in [0.25, 0.3) is 22.3 Å². The van der Waals surface area contributed by atoms with Crippen LogP contribution >= 0.6 is 0 Å². The molecule has 2 aromatic carbocycles. The van der Waals surface area contributed by atoms with E-state index in [1.807, 2.05) is 0 Å². The van der Waals surface area contributed by atoms with Gasteiger partial charge >= 0.3 is 0 Å². The molecule has 0 radical (unpaired) electrons. The quantitative estimate of drug-likeness (QED) is 0.657. The lowest BCUT2D eigenvalue weighted by atomic mass is 10.1. The van der Waals surface area contributed by atoms with Gasteiger partial charge < -0.3 is 33.6 Å². The summed E-state index contributed by atoms with van der Waals surface area (Å²) in [6.07, 6.45) is 0. The predicted octanol–water partition coefficient (Wildman–Crippen LogP) is 2.91. The van der Waals surface area contributed by atoms with Crippen molar-refractivity contribution in [3.8, 4) is 45.8 Å². The number of methoxy groups -OCH3 is 4. The highest BCUT2D eigenvalue weighted by atomic mass is 16.5. The van der Waals surface area contributed by atoms with Crippen LogP contribution in [-0.2, 0) is 0 Å². The Labute approximate surface area is 154 Å². The van der Waals surface area contributed by atoms with Gasteiger partial charge in [0.15, 0.2) is 17.3 Å². The fourth-order valence-electron chi connectivity index (χ4n) is 2.79.